The molecule has 0 radical (unpaired) electrons. The Morgan fingerprint density at radius 3 is 2.31 bits per heavy atom. The number of aliphatic imine (C=N–C) groups is 1. The maximum absolute atomic E-state index is 12.8. The molecule has 2 bridgehead atoms. The number of nitrogens with one attached hydrogen (secondary N) is 2. The van der Waals surface area contributed by atoms with E-state index >= 15 is 0 Å². The Balaban J connectivity index is 0.00000289. The fraction of sp³-hybridized carbons (Fsp3) is 0.560. The van der Waals surface area contributed by atoms with Crippen LogP contribution >= 0.6 is 24.0 Å². The summed E-state index contributed by atoms with van der Waals surface area (Å²) in [5.41, 5.74) is 2.54. The molecule has 2 aliphatic carbocycles. The van der Waals surface area contributed by atoms with Gasteiger partial charge in [0.1, 0.15) is 0 Å². The van der Waals surface area contributed by atoms with Crippen LogP contribution in [0.1, 0.15) is 43.7 Å². The van der Waals surface area contributed by atoms with E-state index in [1.165, 1.54) is 16.0 Å². The van der Waals surface area contributed by atoms with Gasteiger partial charge in [-0.3, -0.25) is 19.5 Å². The number of benzene rings is 1. The van der Waals surface area contributed by atoms with E-state index in [2.05, 4.69) is 60.9 Å². The number of hydrogen-bond acceptors (Lipinski definition) is 3. The van der Waals surface area contributed by atoms with Crippen molar-refractivity contribution in [1.82, 2.24) is 15.5 Å². The van der Waals surface area contributed by atoms with Crippen LogP contribution < -0.4 is 10.6 Å². The third-order valence-electron chi connectivity index (χ3n) is 6.93. The van der Waals surface area contributed by atoms with Crippen molar-refractivity contribution < 1.29 is 9.59 Å². The lowest BCUT2D eigenvalue weighted by Crippen LogP contribution is -2.40. The molecular weight excluding hydrogens is 515 g/mol. The average molecular weight is 550 g/mol. The van der Waals surface area contributed by atoms with Crippen molar-refractivity contribution in [3.63, 3.8) is 0 Å². The number of carbonyl (C=O) groups excluding carboxylic acids is 2. The van der Waals surface area contributed by atoms with Crippen LogP contribution in [0.5, 0.6) is 0 Å². The van der Waals surface area contributed by atoms with Crippen molar-refractivity contribution in [2.75, 3.05) is 26.2 Å². The molecule has 1 aromatic carbocycles. The van der Waals surface area contributed by atoms with Gasteiger partial charge >= 0.3 is 0 Å². The van der Waals surface area contributed by atoms with Crippen molar-refractivity contribution in [3.8, 4) is 0 Å². The van der Waals surface area contributed by atoms with Gasteiger partial charge in [-0.1, -0.05) is 48.9 Å². The van der Waals surface area contributed by atoms with Crippen LogP contribution in [0.2, 0.25) is 0 Å². The molecule has 1 saturated carbocycles. The van der Waals surface area contributed by atoms with Crippen LogP contribution in [0.25, 0.3) is 0 Å². The Kier molecular flexibility index (Phi) is 8.36. The van der Waals surface area contributed by atoms with Gasteiger partial charge in [-0.25, -0.2) is 0 Å². The first-order chi connectivity index (χ1) is 15.0. The second kappa shape index (κ2) is 10.8. The van der Waals surface area contributed by atoms with Crippen LogP contribution in [0, 0.1) is 30.6 Å². The molecular formula is C25H35IN4O2. The van der Waals surface area contributed by atoms with E-state index in [0.717, 1.165) is 25.3 Å². The van der Waals surface area contributed by atoms with Gasteiger partial charge in [-0.05, 0) is 44.1 Å². The van der Waals surface area contributed by atoms with Crippen LogP contribution in [0.3, 0.4) is 0 Å². The van der Waals surface area contributed by atoms with Crippen molar-refractivity contribution in [2.24, 2.45) is 28.7 Å². The molecule has 1 aliphatic heterocycles. The Morgan fingerprint density at radius 2 is 1.72 bits per heavy atom. The zero-order chi connectivity index (χ0) is 22.0. The molecule has 32 heavy (non-hydrogen) atoms. The highest BCUT2D eigenvalue weighted by molar-refractivity contribution is 14.0. The maximum atomic E-state index is 12.8. The SMILES string of the molecule is CCNC(=NCC(C)c1ccc(C)cc1)NCCCN1C(=O)C2C3C=CC(C3)C2C1=O.I. The van der Waals surface area contributed by atoms with E-state index in [1.54, 1.807) is 0 Å². The minimum Gasteiger partial charge on any atom is -0.357 e. The van der Waals surface area contributed by atoms with E-state index in [1.807, 2.05) is 6.92 Å². The van der Waals surface area contributed by atoms with Gasteiger partial charge < -0.3 is 10.6 Å². The Labute approximate surface area is 208 Å². The fourth-order valence-electron chi connectivity index (χ4n) is 5.20. The monoisotopic (exact) mass is 550 g/mol. The molecule has 0 aromatic heterocycles. The van der Waals surface area contributed by atoms with E-state index in [-0.39, 0.29) is 59.5 Å². The van der Waals surface area contributed by atoms with E-state index in [4.69, 9.17) is 4.99 Å². The summed E-state index contributed by atoms with van der Waals surface area (Å²) >= 11 is 0. The molecule has 3 aliphatic rings. The smallest absolute Gasteiger partial charge is 0.233 e. The van der Waals surface area contributed by atoms with Crippen molar-refractivity contribution in [3.05, 3.63) is 47.5 Å². The molecule has 0 spiro atoms. The second-order valence-electron chi connectivity index (χ2n) is 9.14. The standard InChI is InChI=1S/C25H34N4O2.HI/c1-4-26-25(28-15-17(3)18-8-6-16(2)7-9-18)27-12-5-13-29-23(30)21-19-10-11-20(14-19)22(21)24(29)31;/h6-11,17,19-22H,4-5,12-15H2,1-3H3,(H2,26,27,28);1H. The lowest BCUT2D eigenvalue weighted by atomic mass is 9.85. The number of imide groups is 1. The third kappa shape index (κ3) is 5.02. The quantitative estimate of drug-likeness (QED) is 0.130. The highest BCUT2D eigenvalue weighted by Crippen LogP contribution is 2.52. The number of aryl methyl sites for hydroxylation is 1. The number of fused-ring (bicyclic) bond motifs is 5. The van der Waals surface area contributed by atoms with Gasteiger partial charge in [0.2, 0.25) is 11.8 Å². The van der Waals surface area contributed by atoms with E-state index < -0.39 is 0 Å². The Bertz CT molecular complexity index is 852. The fourth-order valence-corrected chi connectivity index (χ4v) is 5.20. The first-order valence-electron chi connectivity index (χ1n) is 11.6. The lowest BCUT2D eigenvalue weighted by molar-refractivity contribution is -0.140. The number of hydrogen-bond donors (Lipinski definition) is 2. The predicted octanol–water partition coefficient (Wildman–Crippen LogP) is 3.47. The molecule has 2 N–H and O–H groups in total. The summed E-state index contributed by atoms with van der Waals surface area (Å²) in [4.78, 5) is 31.8. The first-order valence-corrected chi connectivity index (χ1v) is 11.6. The zero-order valence-electron chi connectivity index (χ0n) is 19.2. The molecule has 1 saturated heterocycles. The van der Waals surface area contributed by atoms with Gasteiger partial charge in [0, 0.05) is 32.1 Å². The Hall–Kier alpha value is -1.90. The summed E-state index contributed by atoms with van der Waals surface area (Å²) < 4.78 is 0. The molecule has 4 rings (SSSR count). The van der Waals surface area contributed by atoms with Crippen molar-refractivity contribution in [2.45, 2.75) is 39.5 Å². The van der Waals surface area contributed by atoms with Crippen LogP contribution in [0.4, 0.5) is 0 Å². The summed E-state index contributed by atoms with van der Waals surface area (Å²) in [5, 5.41) is 6.63. The van der Waals surface area contributed by atoms with Gasteiger partial charge in [0.05, 0.1) is 11.8 Å². The van der Waals surface area contributed by atoms with Gasteiger partial charge in [0.15, 0.2) is 5.96 Å². The highest BCUT2D eigenvalue weighted by atomic mass is 127. The molecule has 2 fully saturated rings. The van der Waals surface area contributed by atoms with Crippen molar-refractivity contribution in [1.29, 1.82) is 0 Å². The molecule has 5 atom stereocenters. The zero-order valence-corrected chi connectivity index (χ0v) is 21.5. The molecule has 6 nitrogen and oxygen atoms in total. The largest absolute Gasteiger partial charge is 0.357 e. The minimum absolute atomic E-state index is 0. The van der Waals surface area contributed by atoms with Gasteiger partial charge in [0.25, 0.3) is 0 Å². The summed E-state index contributed by atoms with van der Waals surface area (Å²) in [6.07, 6.45) is 5.97. The third-order valence-corrected chi connectivity index (χ3v) is 6.93. The molecule has 5 unspecified atom stereocenters. The van der Waals surface area contributed by atoms with Crippen LogP contribution in [0.15, 0.2) is 41.4 Å². The average Bonchev–Trinajstić information content (AvgIpc) is 3.44. The summed E-state index contributed by atoms with van der Waals surface area (Å²) in [7, 11) is 0. The van der Waals surface area contributed by atoms with E-state index in [0.29, 0.717) is 25.6 Å². The number of allylic oxidation sites excluding steroid dienone is 2. The van der Waals surface area contributed by atoms with Crippen LogP contribution in [-0.4, -0.2) is 48.9 Å². The lowest BCUT2D eigenvalue weighted by Gasteiger charge is -2.18. The number of carbonyl (C=O) groups is 2. The van der Waals surface area contributed by atoms with Crippen molar-refractivity contribution >= 4 is 41.8 Å². The molecule has 7 heteroatoms. The Morgan fingerprint density at radius 1 is 1.09 bits per heavy atom. The summed E-state index contributed by atoms with van der Waals surface area (Å²) in [6, 6.07) is 8.60. The summed E-state index contributed by atoms with van der Waals surface area (Å²) in [6.45, 7) is 8.95. The van der Waals surface area contributed by atoms with E-state index in [9.17, 15) is 9.59 Å². The summed E-state index contributed by atoms with van der Waals surface area (Å²) in [5.74, 6) is 1.54. The number of guanidine groups is 1. The predicted molar refractivity (Wildman–Crippen MR) is 138 cm³/mol. The number of likely N-dealkylation sites (tertiary alicyclic amines) is 1. The number of nitrogens with zero attached hydrogens (tertiary/aromatic N) is 2. The van der Waals surface area contributed by atoms with Crippen LogP contribution in [-0.2, 0) is 9.59 Å². The minimum atomic E-state index is -0.0994. The molecule has 1 heterocycles. The molecule has 1 aromatic rings. The number of amides is 2. The van der Waals surface area contributed by atoms with Gasteiger partial charge in [-0.15, -0.1) is 24.0 Å². The topological polar surface area (TPSA) is 73.8 Å². The van der Waals surface area contributed by atoms with Gasteiger partial charge in [-0.2, -0.15) is 0 Å². The maximum Gasteiger partial charge on any atom is 0.233 e. The highest BCUT2D eigenvalue weighted by Gasteiger charge is 2.58. The number of halogens is 1. The normalized spacial score (nSPS) is 26.8. The second-order valence-corrected chi connectivity index (χ2v) is 9.14. The molecule has 174 valence electrons. The molecule has 2 amide bonds. The number of rotatable bonds is 8. The first kappa shape index (κ1) is 24.7.